The third-order valence-electron chi connectivity index (χ3n) is 6.45. The van der Waals surface area contributed by atoms with Gasteiger partial charge in [-0.1, -0.05) is 0 Å². The highest BCUT2D eigenvalue weighted by molar-refractivity contribution is 5.73. The van der Waals surface area contributed by atoms with Crippen molar-refractivity contribution in [1.82, 2.24) is 5.32 Å². The molecule has 3 saturated heterocycles. The summed E-state index contributed by atoms with van der Waals surface area (Å²) >= 11 is 0. The summed E-state index contributed by atoms with van der Waals surface area (Å²) in [5.74, 6) is -0.608. The van der Waals surface area contributed by atoms with Crippen LogP contribution in [0.2, 0.25) is 0 Å². The largest absolute Gasteiger partial charge is 0.394 e. The van der Waals surface area contributed by atoms with Crippen molar-refractivity contribution in [2.75, 3.05) is 13.2 Å². The highest BCUT2D eigenvalue weighted by Crippen LogP contribution is 2.32. The molecule has 0 spiro atoms. The first-order valence-electron chi connectivity index (χ1n) is 11.4. The van der Waals surface area contributed by atoms with Crippen molar-refractivity contribution >= 4 is 5.91 Å². The molecule has 0 bridgehead atoms. The third-order valence-corrected chi connectivity index (χ3v) is 6.45. The van der Waals surface area contributed by atoms with Gasteiger partial charge in [-0.3, -0.25) is 4.79 Å². The Hall–Kier alpha value is -1.09. The quantitative estimate of drug-likeness (QED) is 0.147. The maximum absolute atomic E-state index is 11.7. The van der Waals surface area contributed by atoms with Gasteiger partial charge >= 0.3 is 0 Å². The van der Waals surface area contributed by atoms with E-state index in [-0.39, 0.29) is 0 Å². The van der Waals surface area contributed by atoms with E-state index in [0.717, 1.165) is 6.92 Å². The van der Waals surface area contributed by atoms with Crippen LogP contribution in [0.5, 0.6) is 0 Å². The number of amides is 1. The standard InChI is InChI=1S/C20H35NO15/c1-5-16(35-19-9(21-6(2)24)12(27)10(25)7(3-22)33-19)17(15(30)18(31)32-5)36-20-14(29)13(28)11(26)8(4-23)34-20/h5,7-20,22-23,25-31H,3-4H2,1-2H3,(H,21,24)/t5-,7+,8+,9-,10+,11+,12+,13-,14+,15+,16-,17-,18+,19-,20+/m0/s1. The molecule has 16 nitrogen and oxygen atoms in total. The molecule has 3 rings (SSSR count). The van der Waals surface area contributed by atoms with E-state index in [4.69, 9.17) is 23.7 Å². The van der Waals surface area contributed by atoms with Crippen LogP contribution in [0.15, 0.2) is 0 Å². The van der Waals surface area contributed by atoms with Crippen LogP contribution >= 0.6 is 0 Å². The van der Waals surface area contributed by atoms with Gasteiger partial charge in [0.15, 0.2) is 18.9 Å². The average Bonchev–Trinajstić information content (AvgIpc) is 2.83. The van der Waals surface area contributed by atoms with Crippen molar-refractivity contribution in [3.05, 3.63) is 0 Å². The van der Waals surface area contributed by atoms with E-state index in [1.54, 1.807) is 0 Å². The molecule has 0 unspecified atom stereocenters. The van der Waals surface area contributed by atoms with E-state index < -0.39 is 111 Å². The van der Waals surface area contributed by atoms with Gasteiger partial charge in [-0.05, 0) is 6.92 Å². The number of carbonyl (C=O) groups excluding carboxylic acids is 1. The predicted molar refractivity (Wildman–Crippen MR) is 111 cm³/mol. The van der Waals surface area contributed by atoms with E-state index in [1.807, 2.05) is 0 Å². The van der Waals surface area contributed by atoms with Gasteiger partial charge in [0, 0.05) is 6.92 Å². The molecular formula is C20H35NO15. The van der Waals surface area contributed by atoms with Gasteiger partial charge in [-0.2, -0.15) is 0 Å². The maximum Gasteiger partial charge on any atom is 0.217 e. The summed E-state index contributed by atoms with van der Waals surface area (Å²) in [6.45, 7) is 1.12. The second-order valence-corrected chi connectivity index (χ2v) is 9.05. The minimum Gasteiger partial charge on any atom is -0.394 e. The number of hydrogen-bond acceptors (Lipinski definition) is 15. The van der Waals surface area contributed by atoms with Gasteiger partial charge in [-0.25, -0.2) is 0 Å². The zero-order valence-corrected chi connectivity index (χ0v) is 19.5. The molecule has 10 N–H and O–H groups in total. The summed E-state index contributed by atoms with van der Waals surface area (Å²) in [5.41, 5.74) is 0. The molecule has 0 aromatic heterocycles. The van der Waals surface area contributed by atoms with Gasteiger partial charge in [0.25, 0.3) is 0 Å². The van der Waals surface area contributed by atoms with Gasteiger partial charge in [-0.15, -0.1) is 0 Å². The normalized spacial score (nSPS) is 50.0. The Morgan fingerprint density at radius 2 is 1.25 bits per heavy atom. The molecule has 0 radical (unpaired) electrons. The lowest BCUT2D eigenvalue weighted by Gasteiger charge is -2.48. The lowest BCUT2D eigenvalue weighted by molar-refractivity contribution is -0.374. The number of ether oxygens (including phenoxy) is 5. The number of hydrogen-bond donors (Lipinski definition) is 10. The van der Waals surface area contributed by atoms with Crippen LogP contribution in [-0.4, -0.2) is 157 Å². The Bertz CT molecular complexity index is 729. The van der Waals surface area contributed by atoms with E-state index in [2.05, 4.69) is 5.32 Å². The topological polar surface area (TPSA) is 257 Å². The molecule has 0 aliphatic carbocycles. The minimum atomic E-state index is -1.83. The highest BCUT2D eigenvalue weighted by atomic mass is 16.7. The Kier molecular flexibility index (Phi) is 9.97. The molecule has 3 heterocycles. The van der Waals surface area contributed by atoms with E-state index in [1.165, 1.54) is 6.92 Å². The zero-order chi connectivity index (χ0) is 26.9. The SMILES string of the molecule is CC(=O)N[C@@H]1[C@H](O[C@@H]2[C@@H](O[C@H]3O[C@H](CO)[C@@H](O)[C@H](O)[C@H]3O)[C@@H](O)[C@H](O)O[C@H]2C)O[C@H](CO)[C@@H](O)[C@@H]1O. The summed E-state index contributed by atoms with van der Waals surface area (Å²) in [7, 11) is 0. The van der Waals surface area contributed by atoms with Crippen molar-refractivity contribution < 1.29 is 74.4 Å². The number of rotatable bonds is 7. The lowest BCUT2D eigenvalue weighted by atomic mass is 9.95. The Balaban J connectivity index is 1.86. The first kappa shape index (κ1) is 29.5. The molecular weight excluding hydrogens is 494 g/mol. The fourth-order valence-electron chi connectivity index (χ4n) is 4.42. The smallest absolute Gasteiger partial charge is 0.217 e. The molecule has 210 valence electrons. The van der Waals surface area contributed by atoms with Crippen molar-refractivity contribution in [1.29, 1.82) is 0 Å². The second kappa shape index (κ2) is 12.2. The molecule has 1 amide bonds. The minimum absolute atomic E-state index is 0.608. The van der Waals surface area contributed by atoms with Crippen LogP contribution in [0, 0.1) is 0 Å². The monoisotopic (exact) mass is 529 g/mol. The number of aliphatic hydroxyl groups is 9. The third kappa shape index (κ3) is 5.97. The fourth-order valence-corrected chi connectivity index (χ4v) is 4.42. The molecule has 16 heteroatoms. The van der Waals surface area contributed by atoms with Crippen molar-refractivity contribution in [2.24, 2.45) is 0 Å². The molecule has 3 aliphatic heterocycles. The van der Waals surface area contributed by atoms with E-state index in [9.17, 15) is 50.8 Å². The van der Waals surface area contributed by atoms with Crippen LogP contribution in [0.4, 0.5) is 0 Å². The van der Waals surface area contributed by atoms with Crippen LogP contribution in [0.25, 0.3) is 0 Å². The van der Waals surface area contributed by atoms with Gasteiger partial charge < -0.3 is 75.0 Å². The van der Waals surface area contributed by atoms with Crippen LogP contribution in [0.3, 0.4) is 0 Å². The number of nitrogens with one attached hydrogen (secondary N) is 1. The zero-order valence-electron chi connectivity index (χ0n) is 19.5. The van der Waals surface area contributed by atoms with Gasteiger partial charge in [0.05, 0.1) is 19.3 Å². The number of aliphatic hydroxyl groups excluding tert-OH is 9. The molecule has 0 aromatic rings. The Labute approximate surface area is 205 Å². The van der Waals surface area contributed by atoms with Crippen molar-refractivity contribution in [2.45, 2.75) is 106 Å². The van der Waals surface area contributed by atoms with Crippen LogP contribution in [0.1, 0.15) is 13.8 Å². The van der Waals surface area contributed by atoms with Crippen LogP contribution < -0.4 is 5.32 Å². The second-order valence-electron chi connectivity index (χ2n) is 9.05. The summed E-state index contributed by atoms with van der Waals surface area (Å²) in [4.78, 5) is 11.7. The molecule has 0 saturated carbocycles. The molecule has 36 heavy (non-hydrogen) atoms. The Morgan fingerprint density at radius 1 is 0.722 bits per heavy atom. The van der Waals surface area contributed by atoms with Crippen molar-refractivity contribution in [3.8, 4) is 0 Å². The summed E-state index contributed by atoms with van der Waals surface area (Å²) in [5, 5.41) is 93.1. The Morgan fingerprint density at radius 3 is 1.81 bits per heavy atom. The van der Waals surface area contributed by atoms with Gasteiger partial charge in [0.1, 0.15) is 67.1 Å². The molecule has 3 fully saturated rings. The van der Waals surface area contributed by atoms with E-state index in [0.29, 0.717) is 0 Å². The van der Waals surface area contributed by atoms with Gasteiger partial charge in [0.2, 0.25) is 5.91 Å². The summed E-state index contributed by atoms with van der Waals surface area (Å²) in [6, 6.07) is -1.34. The number of carbonyl (C=O) groups is 1. The molecule has 15 atom stereocenters. The average molecular weight is 529 g/mol. The maximum atomic E-state index is 11.7. The molecule has 3 aliphatic rings. The molecule has 0 aromatic carbocycles. The highest BCUT2D eigenvalue weighted by Gasteiger charge is 2.53. The summed E-state index contributed by atoms with van der Waals surface area (Å²) < 4.78 is 27.6. The van der Waals surface area contributed by atoms with E-state index >= 15 is 0 Å². The predicted octanol–water partition coefficient (Wildman–Crippen LogP) is -6.40. The first-order chi connectivity index (χ1) is 16.9. The summed E-state index contributed by atoms with van der Waals surface area (Å²) in [6.07, 6.45) is -21.9. The van der Waals surface area contributed by atoms with Crippen molar-refractivity contribution in [3.63, 3.8) is 0 Å². The fraction of sp³-hybridized carbons (Fsp3) is 0.950. The van der Waals surface area contributed by atoms with Crippen LogP contribution in [-0.2, 0) is 28.5 Å². The lowest BCUT2D eigenvalue weighted by Crippen LogP contribution is -2.68. The first-order valence-corrected chi connectivity index (χ1v) is 11.4.